The minimum atomic E-state index is -0.894. The van der Waals surface area contributed by atoms with Gasteiger partial charge in [-0.2, -0.15) is 0 Å². The predicted molar refractivity (Wildman–Crippen MR) is 231 cm³/mol. The van der Waals surface area contributed by atoms with Crippen LogP contribution in [-0.2, 0) is 20.8 Å². The zero-order valence-corrected chi connectivity index (χ0v) is 38.0. The van der Waals surface area contributed by atoms with Gasteiger partial charge in [0.05, 0.1) is 17.0 Å². The molecular weight excluding hydrogens is 709 g/mol. The van der Waals surface area contributed by atoms with E-state index in [1.54, 1.807) is 12.3 Å². The van der Waals surface area contributed by atoms with E-state index in [1.807, 2.05) is 91.7 Å². The second-order valence-electron chi connectivity index (χ2n) is 15.0. The number of likely N-dealkylation sites (N-methyl/N-ethyl adjacent to an activating group) is 1. The van der Waals surface area contributed by atoms with Crippen LogP contribution in [0.15, 0.2) is 29.6 Å². The first-order chi connectivity index (χ1) is 26.1. The number of hydrogen-bond acceptors (Lipinski definition) is 7. The summed E-state index contributed by atoms with van der Waals surface area (Å²) in [5.41, 5.74) is 2.48. The molecule has 1 aromatic carbocycles. The highest BCUT2D eigenvalue weighted by atomic mass is 32.1. The summed E-state index contributed by atoms with van der Waals surface area (Å²) < 4.78 is 0. The van der Waals surface area contributed by atoms with Gasteiger partial charge in [-0.3, -0.25) is 24.1 Å². The molecule has 0 bridgehead atoms. The minimum Gasteiger partial charge on any atom is -0.481 e. The van der Waals surface area contributed by atoms with Crippen LogP contribution in [0.1, 0.15) is 161 Å². The first-order valence-corrected chi connectivity index (χ1v) is 22.0. The zero-order valence-electron chi connectivity index (χ0n) is 37.2. The number of piperidine rings is 1. The number of Topliss-reactive ketones (excluding diaryl/α,β-unsaturated/α-hetero) is 1. The summed E-state index contributed by atoms with van der Waals surface area (Å²) in [5.74, 6) is -1.72. The molecule has 314 valence electrons. The average Bonchev–Trinajstić information content (AvgIpc) is 3.69. The molecule has 1 fully saturated rings. The van der Waals surface area contributed by atoms with Gasteiger partial charge in [0.15, 0.2) is 5.78 Å². The Bertz CT molecular complexity index is 1390. The fraction of sp³-hybridized carbons (Fsp3) is 0.711. The van der Waals surface area contributed by atoms with Gasteiger partial charge in [0.1, 0.15) is 5.69 Å². The predicted octanol–water partition coefficient (Wildman–Crippen LogP) is 10.1. The van der Waals surface area contributed by atoms with Crippen LogP contribution in [0.25, 0.3) is 0 Å². The highest BCUT2D eigenvalue weighted by Gasteiger charge is 2.36. The van der Waals surface area contributed by atoms with Crippen LogP contribution in [0.4, 0.5) is 0 Å². The number of likely N-dealkylation sites (tertiary alicyclic amines) is 1. The molecule has 0 radical (unpaired) electrons. The maximum Gasteiger partial charge on any atom is 0.306 e. The molecule has 2 heterocycles. The third kappa shape index (κ3) is 16.9. The number of amides is 2. The molecule has 2 aromatic rings. The van der Waals surface area contributed by atoms with E-state index < -0.39 is 11.9 Å². The number of ketones is 1. The summed E-state index contributed by atoms with van der Waals surface area (Å²) in [6.07, 6.45) is 5.62. The molecule has 1 aromatic heterocycles. The van der Waals surface area contributed by atoms with Gasteiger partial charge in [-0.1, -0.05) is 126 Å². The van der Waals surface area contributed by atoms with Crippen molar-refractivity contribution in [3.8, 4) is 0 Å². The highest BCUT2D eigenvalue weighted by molar-refractivity contribution is 7.09. The molecule has 0 spiro atoms. The summed E-state index contributed by atoms with van der Waals surface area (Å²) in [4.78, 5) is 61.4. The van der Waals surface area contributed by atoms with Gasteiger partial charge >= 0.3 is 5.97 Å². The number of aromatic nitrogens is 1. The number of nitrogens with one attached hydrogen (secondary N) is 1. The van der Waals surface area contributed by atoms with E-state index in [4.69, 9.17) is 4.98 Å². The van der Waals surface area contributed by atoms with Gasteiger partial charge in [-0.05, 0) is 70.0 Å². The van der Waals surface area contributed by atoms with E-state index in [9.17, 15) is 24.3 Å². The fourth-order valence-electron chi connectivity index (χ4n) is 7.02. The van der Waals surface area contributed by atoms with Crippen LogP contribution in [0.5, 0.6) is 0 Å². The Morgan fingerprint density at radius 1 is 0.964 bits per heavy atom. The molecule has 7 atom stereocenters. The Hall–Kier alpha value is -3.11. The molecule has 2 amide bonds. The lowest BCUT2D eigenvalue weighted by molar-refractivity contribution is -0.142. The highest BCUT2D eigenvalue weighted by Crippen LogP contribution is 2.32. The van der Waals surface area contributed by atoms with Crippen LogP contribution in [-0.4, -0.2) is 82.2 Å². The molecule has 1 aliphatic rings. The minimum absolute atomic E-state index is 0.0100. The largest absolute Gasteiger partial charge is 0.481 e. The van der Waals surface area contributed by atoms with Crippen LogP contribution in [0.3, 0.4) is 0 Å². The first kappa shape index (κ1) is 51.9. The lowest BCUT2D eigenvalue weighted by atomic mass is 9.82. The van der Waals surface area contributed by atoms with Gasteiger partial charge in [0.25, 0.3) is 5.91 Å². The van der Waals surface area contributed by atoms with Crippen LogP contribution >= 0.6 is 11.3 Å². The van der Waals surface area contributed by atoms with E-state index in [2.05, 4.69) is 44.8 Å². The Kier molecular flexibility index (Phi) is 25.9. The number of hydrogen-bond donors (Lipinski definition) is 2. The van der Waals surface area contributed by atoms with Crippen molar-refractivity contribution in [2.45, 2.75) is 165 Å². The number of rotatable bonds is 18. The van der Waals surface area contributed by atoms with E-state index in [1.165, 1.54) is 11.3 Å². The van der Waals surface area contributed by atoms with Crippen molar-refractivity contribution >= 4 is 34.9 Å². The Labute approximate surface area is 339 Å². The lowest BCUT2D eigenvalue weighted by Crippen LogP contribution is -2.48. The molecule has 0 unspecified atom stereocenters. The number of carboxylic acids is 1. The van der Waals surface area contributed by atoms with Gasteiger partial charge in [-0.25, -0.2) is 4.98 Å². The van der Waals surface area contributed by atoms with Crippen LogP contribution in [0.2, 0.25) is 0 Å². The SMILES string of the molecule is CC.CC.CC.CC[C@H](C)[C@H](CC(=O)[C@H]1CCCCN1C)C(=O)N(C)[C@H](C[C@@H](C)c1nc(C(=O)N[C@@H](Cc2ccc(C)cc2)C[C@H](C)C(=O)O)cs1)C(C)C. The Morgan fingerprint density at radius 3 is 2.09 bits per heavy atom. The zero-order chi connectivity index (χ0) is 42.4. The number of benzene rings is 1. The Morgan fingerprint density at radius 2 is 1.56 bits per heavy atom. The average molecular weight is 787 g/mol. The molecule has 10 heteroatoms. The topological polar surface area (TPSA) is 120 Å². The Balaban J connectivity index is 0.00000462. The van der Waals surface area contributed by atoms with Crippen molar-refractivity contribution < 1.29 is 24.3 Å². The normalized spacial score (nSPS) is 17.3. The lowest BCUT2D eigenvalue weighted by Gasteiger charge is -2.37. The van der Waals surface area contributed by atoms with Crippen LogP contribution < -0.4 is 5.32 Å². The van der Waals surface area contributed by atoms with Crippen molar-refractivity contribution in [1.29, 1.82) is 0 Å². The number of carbonyl (C=O) groups is 4. The van der Waals surface area contributed by atoms with Crippen molar-refractivity contribution in [3.05, 3.63) is 51.5 Å². The van der Waals surface area contributed by atoms with Gasteiger partial charge < -0.3 is 15.3 Å². The molecule has 1 aliphatic heterocycles. The summed E-state index contributed by atoms with van der Waals surface area (Å²) in [6.45, 7) is 27.1. The number of aliphatic carboxylic acids is 1. The van der Waals surface area contributed by atoms with Crippen molar-refractivity contribution in [2.75, 3.05) is 20.6 Å². The number of nitrogens with zero attached hydrogens (tertiary/aromatic N) is 3. The fourth-order valence-corrected chi connectivity index (χ4v) is 7.90. The van der Waals surface area contributed by atoms with Crippen molar-refractivity contribution in [2.24, 2.45) is 23.7 Å². The molecule has 1 saturated heterocycles. The van der Waals surface area contributed by atoms with E-state index in [-0.39, 0.29) is 65.8 Å². The maximum absolute atomic E-state index is 14.1. The molecule has 0 aliphatic carbocycles. The molecule has 9 nitrogen and oxygen atoms in total. The molecule has 0 saturated carbocycles. The summed E-state index contributed by atoms with van der Waals surface area (Å²) in [6, 6.07) is 7.50. The van der Waals surface area contributed by atoms with Crippen LogP contribution in [0, 0.1) is 30.6 Å². The van der Waals surface area contributed by atoms with E-state index in [0.29, 0.717) is 25.0 Å². The number of carboxylic acid groups (broad SMARTS) is 1. The van der Waals surface area contributed by atoms with Crippen molar-refractivity contribution in [3.63, 3.8) is 0 Å². The number of carbonyl (C=O) groups excluding carboxylic acids is 3. The standard InChI is InChI=1S/C39H60N4O5S.3C2H6/c1-10-26(5)31(22-35(44)33-13-11-12-18-42(33)8)38(46)43(9)34(24(2)3)20-27(6)37-41-32(23-49-37)36(45)40-30(19-28(7)39(47)48)21-29-16-14-25(4)15-17-29;3*1-2/h14-17,23-24,26-28,30-31,33-34H,10-13,18-22H2,1-9H3,(H,40,45)(H,47,48);3*1-2H3/t26-,27+,28-,30+,31-,33+,34+;;;/m0.../s1. The monoisotopic (exact) mass is 787 g/mol. The molecular formula is C45H78N4O5S. The number of aryl methyl sites for hydroxylation is 1. The van der Waals surface area contributed by atoms with E-state index >= 15 is 0 Å². The van der Waals surface area contributed by atoms with E-state index in [0.717, 1.165) is 48.4 Å². The second-order valence-corrected chi connectivity index (χ2v) is 15.8. The van der Waals surface area contributed by atoms with Crippen molar-refractivity contribution in [1.82, 2.24) is 20.1 Å². The molecule has 3 rings (SSSR count). The summed E-state index contributed by atoms with van der Waals surface area (Å²) >= 11 is 1.43. The number of thiazole rings is 1. The quantitative estimate of drug-likeness (QED) is 0.154. The van der Waals surface area contributed by atoms with Gasteiger partial charge in [0, 0.05) is 42.8 Å². The first-order valence-electron chi connectivity index (χ1n) is 21.2. The maximum atomic E-state index is 14.1. The second kappa shape index (κ2) is 27.5. The summed E-state index contributed by atoms with van der Waals surface area (Å²) in [5, 5.41) is 15.2. The third-order valence-electron chi connectivity index (χ3n) is 10.6. The van der Waals surface area contributed by atoms with Gasteiger partial charge in [-0.15, -0.1) is 11.3 Å². The smallest absolute Gasteiger partial charge is 0.306 e. The molecule has 2 N–H and O–H groups in total. The third-order valence-corrected chi connectivity index (χ3v) is 11.7. The summed E-state index contributed by atoms with van der Waals surface area (Å²) in [7, 11) is 3.89. The molecule has 55 heavy (non-hydrogen) atoms. The van der Waals surface area contributed by atoms with Gasteiger partial charge in [0.2, 0.25) is 5.91 Å².